The van der Waals surface area contributed by atoms with Crippen LogP contribution in [0.4, 0.5) is 0 Å². The summed E-state index contributed by atoms with van der Waals surface area (Å²) in [5, 5.41) is 13.8. The van der Waals surface area contributed by atoms with Gasteiger partial charge in [-0.05, 0) is 19.4 Å². The number of hydrogen-bond donors (Lipinski definition) is 2. The van der Waals surface area contributed by atoms with Crippen LogP contribution in [-0.2, 0) is 0 Å². The topological polar surface area (TPSA) is 44.7 Å². The van der Waals surface area contributed by atoms with Crippen LogP contribution in [0.5, 0.6) is 11.5 Å². The standard InChI is InChI=1S/C16H24N2O2/c1-12(2)11-14(18-9-7-17-8-10-18)13-5-4-6-15(20-3)16(13)19/h4-6,14,17,19H,1,7-11H2,2-3H3/t14-/m0/s1. The quantitative estimate of drug-likeness (QED) is 0.810. The van der Waals surface area contributed by atoms with Crippen LogP contribution in [0.1, 0.15) is 24.9 Å². The molecule has 2 N–H and O–H groups in total. The molecule has 0 amide bonds. The van der Waals surface area contributed by atoms with Gasteiger partial charge in [0, 0.05) is 37.8 Å². The predicted octanol–water partition coefficient (Wildman–Crippen LogP) is 2.31. The lowest BCUT2D eigenvalue weighted by molar-refractivity contribution is 0.169. The SMILES string of the molecule is C=C(C)C[C@@H](c1cccc(OC)c1O)N1CCNCC1. The van der Waals surface area contributed by atoms with E-state index in [1.165, 1.54) is 0 Å². The number of nitrogens with one attached hydrogen (secondary N) is 1. The van der Waals surface area contributed by atoms with Crippen LogP contribution in [0.2, 0.25) is 0 Å². The molecule has 2 rings (SSSR count). The van der Waals surface area contributed by atoms with Crippen LogP contribution in [0, 0.1) is 0 Å². The van der Waals surface area contributed by atoms with E-state index < -0.39 is 0 Å². The van der Waals surface area contributed by atoms with Crippen molar-refractivity contribution < 1.29 is 9.84 Å². The molecule has 0 spiro atoms. The Morgan fingerprint density at radius 2 is 2.15 bits per heavy atom. The van der Waals surface area contributed by atoms with E-state index in [-0.39, 0.29) is 11.8 Å². The van der Waals surface area contributed by atoms with E-state index in [2.05, 4.69) is 16.8 Å². The van der Waals surface area contributed by atoms with Gasteiger partial charge in [0.25, 0.3) is 0 Å². The zero-order valence-corrected chi connectivity index (χ0v) is 12.4. The first-order valence-electron chi connectivity index (χ1n) is 7.08. The third kappa shape index (κ3) is 3.32. The zero-order chi connectivity index (χ0) is 14.5. The van der Waals surface area contributed by atoms with Crippen LogP contribution in [0.25, 0.3) is 0 Å². The number of rotatable bonds is 5. The molecule has 1 fully saturated rings. The van der Waals surface area contributed by atoms with Crippen molar-refractivity contribution in [3.8, 4) is 11.5 Å². The highest BCUT2D eigenvalue weighted by Gasteiger charge is 2.25. The van der Waals surface area contributed by atoms with Gasteiger partial charge in [-0.1, -0.05) is 17.7 Å². The van der Waals surface area contributed by atoms with Gasteiger partial charge in [-0.3, -0.25) is 4.90 Å². The van der Waals surface area contributed by atoms with E-state index in [1.54, 1.807) is 13.2 Å². The number of phenolic OH excluding ortho intramolecular Hbond substituents is 1. The second-order valence-electron chi connectivity index (χ2n) is 5.36. The number of methoxy groups -OCH3 is 1. The fourth-order valence-corrected chi connectivity index (χ4v) is 2.73. The molecular weight excluding hydrogens is 252 g/mol. The minimum atomic E-state index is 0.157. The van der Waals surface area contributed by atoms with Crippen LogP contribution in [0.15, 0.2) is 30.4 Å². The minimum Gasteiger partial charge on any atom is -0.504 e. The van der Waals surface area contributed by atoms with E-state index in [4.69, 9.17) is 4.74 Å². The lowest BCUT2D eigenvalue weighted by Gasteiger charge is -2.35. The van der Waals surface area contributed by atoms with Gasteiger partial charge in [0.2, 0.25) is 0 Å². The number of nitrogens with zero attached hydrogens (tertiary/aromatic N) is 1. The normalized spacial score (nSPS) is 17.7. The second kappa shape index (κ2) is 6.77. The van der Waals surface area contributed by atoms with Crippen LogP contribution in [-0.4, -0.2) is 43.3 Å². The predicted molar refractivity (Wildman–Crippen MR) is 81.3 cm³/mol. The van der Waals surface area contributed by atoms with Gasteiger partial charge >= 0.3 is 0 Å². The van der Waals surface area contributed by atoms with Crippen molar-refractivity contribution in [1.29, 1.82) is 0 Å². The van der Waals surface area contributed by atoms with Crippen LogP contribution in [0.3, 0.4) is 0 Å². The Kier molecular flexibility index (Phi) is 5.04. The van der Waals surface area contributed by atoms with E-state index in [0.29, 0.717) is 5.75 Å². The van der Waals surface area contributed by atoms with E-state index >= 15 is 0 Å². The van der Waals surface area contributed by atoms with Gasteiger partial charge in [-0.2, -0.15) is 0 Å². The molecular formula is C16H24N2O2. The Balaban J connectivity index is 2.32. The largest absolute Gasteiger partial charge is 0.504 e. The first-order chi connectivity index (χ1) is 9.63. The molecule has 1 aliphatic heterocycles. The number of para-hydroxylation sites is 1. The fraction of sp³-hybridized carbons (Fsp3) is 0.500. The Bertz CT molecular complexity index is 468. The molecule has 0 aromatic heterocycles. The van der Waals surface area contributed by atoms with Crippen LogP contribution >= 0.6 is 0 Å². The molecule has 1 aromatic carbocycles. The smallest absolute Gasteiger partial charge is 0.162 e. The maximum absolute atomic E-state index is 10.4. The summed E-state index contributed by atoms with van der Waals surface area (Å²) in [5.74, 6) is 0.782. The fourth-order valence-electron chi connectivity index (χ4n) is 2.73. The number of hydrogen-bond acceptors (Lipinski definition) is 4. The molecule has 1 aromatic rings. The molecule has 0 radical (unpaired) electrons. The van der Waals surface area contributed by atoms with Crippen LogP contribution < -0.4 is 10.1 Å². The zero-order valence-electron chi connectivity index (χ0n) is 12.4. The number of piperazine rings is 1. The lowest BCUT2D eigenvalue weighted by atomic mass is 9.96. The lowest BCUT2D eigenvalue weighted by Crippen LogP contribution is -2.45. The maximum Gasteiger partial charge on any atom is 0.162 e. The van der Waals surface area contributed by atoms with Crippen molar-refractivity contribution >= 4 is 0 Å². The Hall–Kier alpha value is -1.52. The first kappa shape index (κ1) is 14.9. The first-order valence-corrected chi connectivity index (χ1v) is 7.08. The highest BCUT2D eigenvalue weighted by molar-refractivity contribution is 5.47. The monoisotopic (exact) mass is 276 g/mol. The summed E-state index contributed by atoms with van der Waals surface area (Å²) in [6.45, 7) is 10.00. The maximum atomic E-state index is 10.4. The summed E-state index contributed by atoms with van der Waals surface area (Å²) in [6, 6.07) is 5.85. The average Bonchev–Trinajstić information content (AvgIpc) is 2.46. The Morgan fingerprint density at radius 1 is 1.45 bits per heavy atom. The number of ether oxygens (including phenoxy) is 1. The van der Waals surface area contributed by atoms with Crippen molar-refractivity contribution in [2.24, 2.45) is 0 Å². The van der Waals surface area contributed by atoms with Crippen molar-refractivity contribution in [2.45, 2.75) is 19.4 Å². The van der Waals surface area contributed by atoms with Crippen molar-refractivity contribution in [1.82, 2.24) is 10.2 Å². The highest BCUT2D eigenvalue weighted by atomic mass is 16.5. The third-order valence-electron chi connectivity index (χ3n) is 3.74. The molecule has 0 saturated carbocycles. The molecule has 0 bridgehead atoms. The number of aromatic hydroxyl groups is 1. The Morgan fingerprint density at radius 3 is 2.75 bits per heavy atom. The van der Waals surface area contributed by atoms with Gasteiger partial charge in [0.05, 0.1) is 7.11 Å². The van der Waals surface area contributed by atoms with Gasteiger partial charge in [-0.25, -0.2) is 0 Å². The van der Waals surface area contributed by atoms with Gasteiger partial charge in [0.15, 0.2) is 11.5 Å². The van der Waals surface area contributed by atoms with Gasteiger partial charge < -0.3 is 15.2 Å². The summed E-state index contributed by atoms with van der Waals surface area (Å²) in [7, 11) is 1.58. The molecule has 4 heteroatoms. The molecule has 20 heavy (non-hydrogen) atoms. The molecule has 0 unspecified atom stereocenters. The van der Waals surface area contributed by atoms with Crippen molar-refractivity contribution in [3.63, 3.8) is 0 Å². The summed E-state index contributed by atoms with van der Waals surface area (Å²) < 4.78 is 5.22. The molecule has 0 aliphatic carbocycles. The Labute approximate surface area is 121 Å². The molecule has 1 saturated heterocycles. The van der Waals surface area contributed by atoms with Crippen molar-refractivity contribution in [2.75, 3.05) is 33.3 Å². The van der Waals surface area contributed by atoms with Crippen molar-refractivity contribution in [3.05, 3.63) is 35.9 Å². The third-order valence-corrected chi connectivity index (χ3v) is 3.74. The molecule has 1 atom stereocenters. The van der Waals surface area contributed by atoms with E-state index in [1.807, 2.05) is 19.1 Å². The molecule has 4 nitrogen and oxygen atoms in total. The molecule has 1 heterocycles. The average molecular weight is 276 g/mol. The second-order valence-corrected chi connectivity index (χ2v) is 5.36. The van der Waals surface area contributed by atoms with E-state index in [0.717, 1.165) is 43.7 Å². The molecule has 110 valence electrons. The van der Waals surface area contributed by atoms with Gasteiger partial charge in [-0.15, -0.1) is 6.58 Å². The summed E-state index contributed by atoms with van der Waals surface area (Å²) in [4.78, 5) is 2.40. The molecule has 1 aliphatic rings. The summed E-state index contributed by atoms with van der Waals surface area (Å²) >= 11 is 0. The van der Waals surface area contributed by atoms with E-state index in [9.17, 15) is 5.11 Å². The minimum absolute atomic E-state index is 0.157. The highest BCUT2D eigenvalue weighted by Crippen LogP contribution is 2.38. The summed E-state index contributed by atoms with van der Waals surface area (Å²) in [5.41, 5.74) is 2.05. The summed E-state index contributed by atoms with van der Waals surface area (Å²) in [6.07, 6.45) is 0.848. The number of benzene rings is 1. The van der Waals surface area contributed by atoms with Gasteiger partial charge in [0.1, 0.15) is 0 Å². The number of phenols is 1.